The lowest BCUT2D eigenvalue weighted by molar-refractivity contribution is 0.212. The van der Waals surface area contributed by atoms with Crippen LogP contribution in [0.1, 0.15) is 69.7 Å². The molecule has 1 unspecified atom stereocenters. The maximum absolute atomic E-state index is 14.5. The summed E-state index contributed by atoms with van der Waals surface area (Å²) in [5.74, 6) is -8.19. The second-order valence-electron chi connectivity index (χ2n) is 9.74. The van der Waals surface area contributed by atoms with Gasteiger partial charge in [-0.15, -0.1) is 0 Å². The Kier molecular flexibility index (Phi) is 7.58. The van der Waals surface area contributed by atoms with Crippen LogP contribution in [0.5, 0.6) is 11.5 Å². The number of ether oxygens (including phenoxy) is 1. The van der Waals surface area contributed by atoms with Crippen LogP contribution in [0.4, 0.5) is 23.2 Å². The van der Waals surface area contributed by atoms with E-state index in [0.29, 0.717) is 5.56 Å². The van der Waals surface area contributed by atoms with Crippen LogP contribution in [0, 0.1) is 23.3 Å². The van der Waals surface area contributed by atoms with Crippen molar-refractivity contribution in [3.8, 4) is 11.5 Å². The van der Waals surface area contributed by atoms with Crippen LogP contribution in [-0.4, -0.2) is 17.4 Å². The maximum atomic E-state index is 14.5. The molecule has 3 aromatic rings. The molecule has 0 aliphatic heterocycles. The normalized spacial score (nSPS) is 13.0. The summed E-state index contributed by atoms with van der Waals surface area (Å²) in [6.45, 7) is 11.2. The van der Waals surface area contributed by atoms with Crippen molar-refractivity contribution in [2.45, 2.75) is 59.0 Å². The summed E-state index contributed by atoms with van der Waals surface area (Å²) in [4.78, 5) is 3.62. The number of hydrogen-bond acceptors (Lipinski definition) is 3. The first-order valence-electron chi connectivity index (χ1n) is 11.3. The first kappa shape index (κ1) is 26.3. The molecule has 0 fully saturated rings. The minimum absolute atomic E-state index is 0.00288. The largest absolute Gasteiger partial charge is 0.507 e. The molecule has 3 nitrogen and oxygen atoms in total. The molecule has 0 aromatic heterocycles. The summed E-state index contributed by atoms with van der Waals surface area (Å²) in [5.41, 5.74) is 1.70. The third-order valence-electron chi connectivity index (χ3n) is 5.73. The topological polar surface area (TPSA) is 41.8 Å². The van der Waals surface area contributed by atoms with Crippen molar-refractivity contribution in [3.05, 3.63) is 88.0 Å². The molecule has 0 aliphatic carbocycles. The molecule has 1 atom stereocenters. The zero-order chi connectivity index (χ0) is 26.1. The Hall–Kier alpha value is -3.35. The summed E-state index contributed by atoms with van der Waals surface area (Å²) in [6, 6.07) is 12.9. The van der Waals surface area contributed by atoms with Crippen LogP contribution in [0.3, 0.4) is 0 Å². The van der Waals surface area contributed by atoms with Crippen molar-refractivity contribution in [2.24, 2.45) is 4.99 Å². The Balaban J connectivity index is 1.96. The average Bonchev–Trinajstić information content (AvgIpc) is 2.80. The Bertz CT molecular complexity index is 1220. The molecular weight excluding hydrogens is 458 g/mol. The molecule has 0 spiro atoms. The number of phenolic OH excluding ortho intramolecular Hbond substituents is 1. The van der Waals surface area contributed by atoms with Gasteiger partial charge in [0.25, 0.3) is 0 Å². The molecule has 186 valence electrons. The van der Waals surface area contributed by atoms with E-state index >= 15 is 0 Å². The summed E-state index contributed by atoms with van der Waals surface area (Å²) in [7, 11) is 0. The Morgan fingerprint density at radius 3 is 1.94 bits per heavy atom. The van der Waals surface area contributed by atoms with Crippen LogP contribution >= 0.6 is 0 Å². The standard InChI is InChI=1S/C28H29F4NO2/c1-15(2)35-27-23(31)21(29)25(22(30)24(27)32)33-14-18-8-7-9-20(26(18)34)16(3)17-10-12-19(13-11-17)28(4,5)6/h7-16,34H,1-6H3. The number of para-hydroxylation sites is 1. The predicted molar refractivity (Wildman–Crippen MR) is 130 cm³/mol. The van der Waals surface area contributed by atoms with Crippen molar-refractivity contribution < 1.29 is 27.4 Å². The smallest absolute Gasteiger partial charge is 0.206 e. The molecule has 0 amide bonds. The summed E-state index contributed by atoms with van der Waals surface area (Å²) in [5, 5.41) is 10.8. The van der Waals surface area contributed by atoms with Crippen LogP contribution in [0.15, 0.2) is 47.5 Å². The van der Waals surface area contributed by atoms with E-state index in [1.807, 2.05) is 31.2 Å². The number of hydrogen-bond donors (Lipinski definition) is 1. The fourth-order valence-corrected chi connectivity index (χ4v) is 3.67. The molecule has 0 saturated carbocycles. The van der Waals surface area contributed by atoms with Crippen molar-refractivity contribution in [2.75, 3.05) is 0 Å². The van der Waals surface area contributed by atoms with E-state index in [1.165, 1.54) is 25.5 Å². The third-order valence-corrected chi connectivity index (χ3v) is 5.73. The zero-order valence-electron chi connectivity index (χ0n) is 20.6. The molecule has 7 heteroatoms. The second kappa shape index (κ2) is 10.1. The molecule has 0 aliphatic rings. The number of phenols is 1. The number of aromatic hydroxyl groups is 1. The third kappa shape index (κ3) is 5.50. The highest BCUT2D eigenvalue weighted by molar-refractivity contribution is 5.86. The van der Waals surface area contributed by atoms with Gasteiger partial charge in [-0.05, 0) is 36.5 Å². The van der Waals surface area contributed by atoms with Gasteiger partial charge >= 0.3 is 0 Å². The molecule has 3 aromatic carbocycles. The zero-order valence-corrected chi connectivity index (χ0v) is 20.6. The highest BCUT2D eigenvalue weighted by Crippen LogP contribution is 2.37. The van der Waals surface area contributed by atoms with Crippen LogP contribution < -0.4 is 4.74 Å². The Labute approximate surface area is 203 Å². The van der Waals surface area contributed by atoms with E-state index in [0.717, 1.165) is 11.8 Å². The van der Waals surface area contributed by atoms with Crippen molar-refractivity contribution in [3.63, 3.8) is 0 Å². The predicted octanol–water partition coefficient (Wildman–Crippen LogP) is 7.94. The van der Waals surface area contributed by atoms with Gasteiger partial charge in [0.1, 0.15) is 11.4 Å². The van der Waals surface area contributed by atoms with Crippen molar-refractivity contribution >= 4 is 11.9 Å². The lowest BCUT2D eigenvalue weighted by Crippen LogP contribution is -2.11. The number of benzene rings is 3. The number of aliphatic imine (C=N–C) groups is 1. The van der Waals surface area contributed by atoms with E-state index in [1.54, 1.807) is 12.1 Å². The van der Waals surface area contributed by atoms with E-state index in [9.17, 15) is 22.7 Å². The minimum atomic E-state index is -1.68. The molecule has 0 bridgehead atoms. The highest BCUT2D eigenvalue weighted by Gasteiger charge is 2.27. The van der Waals surface area contributed by atoms with Crippen molar-refractivity contribution in [1.29, 1.82) is 0 Å². The van der Waals surface area contributed by atoms with Gasteiger partial charge < -0.3 is 9.84 Å². The van der Waals surface area contributed by atoms with E-state index in [-0.39, 0.29) is 22.6 Å². The summed E-state index contributed by atoms with van der Waals surface area (Å²) < 4.78 is 62.4. The monoisotopic (exact) mass is 487 g/mol. The van der Waals surface area contributed by atoms with Gasteiger partial charge in [0, 0.05) is 23.3 Å². The van der Waals surface area contributed by atoms with Gasteiger partial charge in [-0.1, -0.05) is 64.1 Å². The molecule has 0 radical (unpaired) electrons. The van der Waals surface area contributed by atoms with Crippen LogP contribution in [-0.2, 0) is 5.41 Å². The van der Waals surface area contributed by atoms with Gasteiger partial charge in [0.05, 0.1) is 6.10 Å². The first-order chi connectivity index (χ1) is 16.3. The lowest BCUT2D eigenvalue weighted by atomic mass is 9.84. The molecule has 35 heavy (non-hydrogen) atoms. The Morgan fingerprint density at radius 2 is 1.43 bits per heavy atom. The molecule has 1 N–H and O–H groups in total. The lowest BCUT2D eigenvalue weighted by Gasteiger charge is -2.21. The van der Waals surface area contributed by atoms with Crippen molar-refractivity contribution in [1.82, 2.24) is 0 Å². The van der Waals surface area contributed by atoms with E-state index < -0.39 is 40.8 Å². The molecule has 0 heterocycles. The van der Waals surface area contributed by atoms with E-state index in [4.69, 9.17) is 4.74 Å². The van der Waals surface area contributed by atoms with Gasteiger partial charge in [-0.25, -0.2) is 13.8 Å². The van der Waals surface area contributed by atoms with Gasteiger partial charge in [0.15, 0.2) is 17.4 Å². The molecule has 3 rings (SSSR count). The quantitative estimate of drug-likeness (QED) is 0.218. The minimum Gasteiger partial charge on any atom is -0.507 e. The number of halogens is 4. The van der Waals surface area contributed by atoms with Crippen LogP contribution in [0.2, 0.25) is 0 Å². The second-order valence-corrected chi connectivity index (χ2v) is 9.74. The molecular formula is C28H29F4NO2. The SMILES string of the molecule is CC(C)Oc1c(F)c(F)c(N=Cc2cccc(C(C)c3ccc(C(C)(C)C)cc3)c2O)c(F)c1F. The highest BCUT2D eigenvalue weighted by atomic mass is 19.2. The Morgan fingerprint density at radius 1 is 0.857 bits per heavy atom. The molecule has 0 saturated heterocycles. The van der Waals surface area contributed by atoms with Gasteiger partial charge in [0.2, 0.25) is 11.6 Å². The summed E-state index contributed by atoms with van der Waals surface area (Å²) >= 11 is 0. The fourth-order valence-electron chi connectivity index (χ4n) is 3.67. The van der Waals surface area contributed by atoms with Crippen LogP contribution in [0.25, 0.3) is 0 Å². The summed E-state index contributed by atoms with van der Waals surface area (Å²) in [6.07, 6.45) is 0.274. The number of rotatable bonds is 6. The average molecular weight is 488 g/mol. The van der Waals surface area contributed by atoms with E-state index in [2.05, 4.69) is 25.8 Å². The fraction of sp³-hybridized carbons (Fsp3) is 0.321. The number of nitrogens with zero attached hydrogens (tertiary/aromatic N) is 1. The maximum Gasteiger partial charge on any atom is 0.206 e. The van der Waals surface area contributed by atoms with Gasteiger partial charge in [-0.2, -0.15) is 8.78 Å². The van der Waals surface area contributed by atoms with Gasteiger partial charge in [-0.3, -0.25) is 0 Å². The first-order valence-corrected chi connectivity index (χ1v) is 11.3.